The molecule has 3 heterocycles. The monoisotopic (exact) mass is 492 g/mol. The first-order valence-corrected chi connectivity index (χ1v) is 12.8. The van der Waals surface area contributed by atoms with Gasteiger partial charge in [-0.25, -0.2) is 8.42 Å². The first-order valence-electron chi connectivity index (χ1n) is 11.0. The highest BCUT2D eigenvalue weighted by Crippen LogP contribution is 2.33. The minimum atomic E-state index is -3.09. The molecule has 1 N–H and O–H groups in total. The Morgan fingerprint density at radius 1 is 1.15 bits per heavy atom. The lowest BCUT2D eigenvalue weighted by Crippen LogP contribution is -2.38. The molecule has 184 valence electrons. The van der Waals surface area contributed by atoms with E-state index >= 15 is 0 Å². The van der Waals surface area contributed by atoms with Gasteiger partial charge in [0.15, 0.2) is 27.9 Å². The lowest BCUT2D eigenvalue weighted by atomic mass is 9.98. The first-order chi connectivity index (χ1) is 16.3. The number of hydrogen-bond donors (Lipinski definition) is 1. The van der Waals surface area contributed by atoms with Crippen molar-refractivity contribution in [2.75, 3.05) is 38.9 Å². The Balaban J connectivity index is 1.32. The van der Waals surface area contributed by atoms with E-state index in [-0.39, 0.29) is 22.7 Å². The van der Waals surface area contributed by atoms with Gasteiger partial charge < -0.3 is 23.9 Å². The number of fused-ring (bicyclic) bond motifs is 1. The maximum absolute atomic E-state index is 12.4. The smallest absolute Gasteiger partial charge is 0.258 e. The minimum Gasteiger partial charge on any atom is -0.493 e. The first kappa shape index (κ1) is 24.1. The van der Waals surface area contributed by atoms with Crippen LogP contribution in [0.5, 0.6) is 17.2 Å². The Morgan fingerprint density at radius 3 is 2.53 bits per heavy atom. The fourth-order valence-corrected chi connectivity index (χ4v) is 5.92. The molecule has 0 saturated carbocycles. The Kier molecular flexibility index (Phi) is 7.13. The molecule has 1 saturated heterocycles. The minimum absolute atomic E-state index is 0.0637. The molecule has 2 aromatic rings. The zero-order valence-corrected chi connectivity index (χ0v) is 20.0. The average molecular weight is 493 g/mol. The molecule has 1 amide bonds. The molecule has 2 aliphatic rings. The molecule has 4 rings (SSSR count). The number of nitrogens with zero attached hydrogens (tertiary/aromatic N) is 1. The molecular formula is C23H28N2O8S. The molecule has 10 nitrogen and oxygen atoms in total. The summed E-state index contributed by atoms with van der Waals surface area (Å²) in [6.07, 6.45) is 2.42. The van der Waals surface area contributed by atoms with Crippen molar-refractivity contribution in [1.29, 1.82) is 0 Å². The molecule has 0 radical (unpaired) electrons. The fourth-order valence-electron chi connectivity index (χ4n) is 4.25. The van der Waals surface area contributed by atoms with Gasteiger partial charge in [-0.2, -0.15) is 0 Å². The SMILES string of the molecule is COc1cc2c(cc1OC)CN(Cc1cc(=O)c(OCC(=O)N[C@H]3CCS(=O)(=O)C3)co1)CC2. The molecule has 0 spiro atoms. The van der Waals surface area contributed by atoms with Gasteiger partial charge in [0.2, 0.25) is 11.2 Å². The van der Waals surface area contributed by atoms with Gasteiger partial charge in [-0.1, -0.05) is 0 Å². The summed E-state index contributed by atoms with van der Waals surface area (Å²) in [5, 5.41) is 2.61. The zero-order valence-electron chi connectivity index (χ0n) is 19.2. The lowest BCUT2D eigenvalue weighted by molar-refractivity contribution is -0.123. The highest BCUT2D eigenvalue weighted by Gasteiger charge is 2.29. The van der Waals surface area contributed by atoms with E-state index in [9.17, 15) is 18.0 Å². The molecule has 11 heteroatoms. The van der Waals surface area contributed by atoms with Gasteiger partial charge in [0.05, 0.1) is 32.3 Å². The number of hydrogen-bond acceptors (Lipinski definition) is 9. The molecule has 1 aromatic heterocycles. The largest absolute Gasteiger partial charge is 0.493 e. The molecule has 1 atom stereocenters. The summed E-state index contributed by atoms with van der Waals surface area (Å²) in [4.78, 5) is 26.6. The van der Waals surface area contributed by atoms with Crippen molar-refractivity contribution >= 4 is 15.7 Å². The third-order valence-corrected chi connectivity index (χ3v) is 7.75. The molecule has 34 heavy (non-hydrogen) atoms. The van der Waals surface area contributed by atoms with Crippen LogP contribution in [0.15, 0.2) is 33.7 Å². The van der Waals surface area contributed by atoms with Gasteiger partial charge in [-0.05, 0) is 36.1 Å². The zero-order chi connectivity index (χ0) is 24.3. The third kappa shape index (κ3) is 5.71. The van der Waals surface area contributed by atoms with Crippen LogP contribution in [0.3, 0.4) is 0 Å². The molecule has 0 unspecified atom stereocenters. The molecule has 0 bridgehead atoms. The van der Waals surface area contributed by atoms with Crippen LogP contribution in [-0.2, 0) is 34.1 Å². The number of nitrogens with one attached hydrogen (secondary N) is 1. The van der Waals surface area contributed by atoms with Crippen LogP contribution in [0.4, 0.5) is 0 Å². The Labute approximate surface area is 197 Å². The highest BCUT2D eigenvalue weighted by atomic mass is 32.2. The topological polar surface area (TPSA) is 124 Å². The summed E-state index contributed by atoms with van der Waals surface area (Å²) in [6, 6.07) is 4.91. The van der Waals surface area contributed by atoms with Gasteiger partial charge in [-0.15, -0.1) is 0 Å². The van der Waals surface area contributed by atoms with E-state index in [0.29, 0.717) is 36.8 Å². The number of carbonyl (C=O) groups is 1. The van der Waals surface area contributed by atoms with E-state index in [1.54, 1.807) is 14.2 Å². The van der Waals surface area contributed by atoms with E-state index < -0.39 is 28.4 Å². The summed E-state index contributed by atoms with van der Waals surface area (Å²) in [7, 11) is 0.126. The van der Waals surface area contributed by atoms with Crippen molar-refractivity contribution in [3.63, 3.8) is 0 Å². The summed E-state index contributed by atoms with van der Waals surface area (Å²) < 4.78 is 44.6. The van der Waals surface area contributed by atoms with Crippen molar-refractivity contribution in [2.45, 2.75) is 32.0 Å². The van der Waals surface area contributed by atoms with Crippen LogP contribution in [0.2, 0.25) is 0 Å². The summed E-state index contributed by atoms with van der Waals surface area (Å²) in [5.74, 6) is 1.31. The predicted molar refractivity (Wildman–Crippen MR) is 123 cm³/mol. The molecular weight excluding hydrogens is 464 g/mol. The van der Waals surface area contributed by atoms with Crippen LogP contribution in [-0.4, -0.2) is 64.1 Å². The van der Waals surface area contributed by atoms with E-state index in [1.165, 1.54) is 17.9 Å². The van der Waals surface area contributed by atoms with Gasteiger partial charge >= 0.3 is 0 Å². The number of rotatable bonds is 8. The van der Waals surface area contributed by atoms with Crippen molar-refractivity contribution < 1.29 is 31.8 Å². The van der Waals surface area contributed by atoms with Crippen molar-refractivity contribution in [1.82, 2.24) is 10.2 Å². The highest BCUT2D eigenvalue weighted by molar-refractivity contribution is 7.91. The van der Waals surface area contributed by atoms with Crippen molar-refractivity contribution in [2.24, 2.45) is 0 Å². The molecule has 1 aromatic carbocycles. The fraction of sp³-hybridized carbons (Fsp3) is 0.478. The van der Waals surface area contributed by atoms with E-state index in [2.05, 4.69) is 10.2 Å². The van der Waals surface area contributed by atoms with E-state index in [1.807, 2.05) is 12.1 Å². The third-order valence-electron chi connectivity index (χ3n) is 5.99. The Morgan fingerprint density at radius 2 is 1.88 bits per heavy atom. The maximum Gasteiger partial charge on any atom is 0.258 e. The van der Waals surface area contributed by atoms with Crippen LogP contribution in [0, 0.1) is 0 Å². The number of ether oxygens (including phenoxy) is 3. The van der Waals surface area contributed by atoms with Crippen molar-refractivity contribution in [3.8, 4) is 17.2 Å². The van der Waals surface area contributed by atoms with Crippen LogP contribution < -0.4 is 25.0 Å². The maximum atomic E-state index is 12.4. The van der Waals surface area contributed by atoms with Gasteiger partial charge in [0.1, 0.15) is 12.0 Å². The van der Waals surface area contributed by atoms with Gasteiger partial charge in [0, 0.05) is 25.2 Å². The normalized spacial score (nSPS) is 19.3. The van der Waals surface area contributed by atoms with Gasteiger partial charge in [0.25, 0.3) is 5.91 Å². The predicted octanol–water partition coefficient (Wildman–Crippen LogP) is 0.897. The van der Waals surface area contributed by atoms with Gasteiger partial charge in [-0.3, -0.25) is 14.5 Å². The van der Waals surface area contributed by atoms with Crippen LogP contribution in [0.25, 0.3) is 0 Å². The lowest BCUT2D eigenvalue weighted by Gasteiger charge is -2.29. The van der Waals surface area contributed by atoms with E-state index in [4.69, 9.17) is 18.6 Å². The van der Waals surface area contributed by atoms with E-state index in [0.717, 1.165) is 18.5 Å². The number of carbonyl (C=O) groups excluding carboxylic acids is 1. The number of amides is 1. The number of benzene rings is 1. The summed E-state index contributed by atoms with van der Waals surface area (Å²) in [5.41, 5.74) is 1.95. The Hall–Kier alpha value is -3.05. The number of methoxy groups -OCH3 is 2. The second kappa shape index (κ2) is 10.1. The quantitative estimate of drug-likeness (QED) is 0.572. The number of sulfone groups is 1. The molecule has 1 fully saturated rings. The second-order valence-electron chi connectivity index (χ2n) is 8.47. The molecule has 0 aliphatic carbocycles. The van der Waals surface area contributed by atoms with Crippen LogP contribution >= 0.6 is 0 Å². The van der Waals surface area contributed by atoms with Crippen molar-refractivity contribution in [3.05, 3.63) is 51.6 Å². The standard InChI is InChI=1S/C23H28N2O8S/c1-30-20-7-15-3-5-25(10-16(15)8-21(20)31-2)11-18-9-19(26)22(12-32-18)33-13-23(27)24-17-4-6-34(28,29)14-17/h7-9,12,17H,3-6,10-11,13-14H2,1-2H3,(H,24,27)/t17-/m0/s1. The summed E-state index contributed by atoms with van der Waals surface area (Å²) >= 11 is 0. The molecule has 2 aliphatic heterocycles. The Bertz CT molecular complexity index is 1220. The average Bonchev–Trinajstić information content (AvgIpc) is 3.15. The second-order valence-corrected chi connectivity index (χ2v) is 10.7. The van der Waals surface area contributed by atoms with Crippen LogP contribution in [0.1, 0.15) is 23.3 Å². The summed E-state index contributed by atoms with van der Waals surface area (Å²) in [6.45, 7) is 1.52.